The van der Waals surface area contributed by atoms with Gasteiger partial charge in [-0.25, -0.2) is 23.1 Å². The van der Waals surface area contributed by atoms with Gasteiger partial charge in [0.1, 0.15) is 5.01 Å². The number of nitrogens with zero attached hydrogens (tertiary/aromatic N) is 2. The van der Waals surface area contributed by atoms with Crippen molar-refractivity contribution in [1.82, 2.24) is 14.7 Å². The van der Waals surface area contributed by atoms with Crippen LogP contribution in [0.3, 0.4) is 0 Å². The molecule has 2 aromatic heterocycles. The summed E-state index contributed by atoms with van der Waals surface area (Å²) in [5, 5.41) is 0.713. The Morgan fingerprint density at radius 2 is 2.05 bits per heavy atom. The molecule has 3 aromatic rings. The quantitative estimate of drug-likeness (QED) is 0.789. The number of benzene rings is 1. The molecule has 0 aliphatic heterocycles. The molecule has 9 heteroatoms. The Morgan fingerprint density at radius 1 is 1.25 bits per heavy atom. The van der Waals surface area contributed by atoms with E-state index in [0.717, 1.165) is 21.6 Å². The standard InChI is InChI=1S/C11H8ClN3O2S3/c12-11-13-6-10(19-11)20(16,17)14-5-9-15-7-3-1-2-4-8(7)18-9/h1-4,6,14H,5H2. The summed E-state index contributed by atoms with van der Waals surface area (Å²) in [6.07, 6.45) is 1.24. The number of aromatic nitrogens is 2. The lowest BCUT2D eigenvalue weighted by Gasteiger charge is -2.01. The van der Waals surface area contributed by atoms with E-state index in [0.29, 0.717) is 5.01 Å². The number of halogens is 1. The Labute approximate surface area is 128 Å². The molecule has 5 nitrogen and oxygen atoms in total. The van der Waals surface area contributed by atoms with Gasteiger partial charge < -0.3 is 0 Å². The van der Waals surface area contributed by atoms with Gasteiger partial charge in [0.15, 0.2) is 8.68 Å². The van der Waals surface area contributed by atoms with Gasteiger partial charge in [-0.15, -0.1) is 11.3 Å². The lowest BCUT2D eigenvalue weighted by Crippen LogP contribution is -2.22. The number of fused-ring (bicyclic) bond motifs is 1. The molecule has 0 fully saturated rings. The minimum Gasteiger partial charge on any atom is -0.240 e. The van der Waals surface area contributed by atoms with Crippen LogP contribution in [0.15, 0.2) is 34.7 Å². The Bertz CT molecular complexity index is 824. The second-order valence-corrected chi connectivity index (χ2v) is 8.55. The number of rotatable bonds is 4. The van der Waals surface area contributed by atoms with E-state index in [1.54, 1.807) is 0 Å². The van der Waals surface area contributed by atoms with E-state index in [1.807, 2.05) is 24.3 Å². The third-order valence-electron chi connectivity index (χ3n) is 2.47. The van der Waals surface area contributed by atoms with Crippen molar-refractivity contribution in [2.45, 2.75) is 10.8 Å². The van der Waals surface area contributed by atoms with E-state index in [-0.39, 0.29) is 15.2 Å². The highest BCUT2D eigenvalue weighted by Gasteiger charge is 2.18. The highest BCUT2D eigenvalue weighted by Crippen LogP contribution is 2.24. The Kier molecular flexibility index (Phi) is 3.74. The van der Waals surface area contributed by atoms with Crippen molar-refractivity contribution >= 4 is 54.5 Å². The maximum atomic E-state index is 12.0. The summed E-state index contributed by atoms with van der Waals surface area (Å²) in [5.41, 5.74) is 0.868. The van der Waals surface area contributed by atoms with E-state index in [9.17, 15) is 8.42 Å². The Morgan fingerprint density at radius 3 is 2.75 bits per heavy atom. The molecule has 0 unspecified atom stereocenters. The number of para-hydroxylation sites is 1. The molecular formula is C11H8ClN3O2S3. The SMILES string of the molecule is O=S(=O)(NCc1nc2ccccc2s1)c1cnc(Cl)s1. The topological polar surface area (TPSA) is 72.0 Å². The van der Waals surface area contributed by atoms with Crippen LogP contribution in [0, 0.1) is 0 Å². The predicted molar refractivity (Wildman–Crippen MR) is 80.8 cm³/mol. The van der Waals surface area contributed by atoms with Gasteiger partial charge in [-0.2, -0.15) is 0 Å². The predicted octanol–water partition coefficient (Wildman–Crippen LogP) is 2.88. The first-order chi connectivity index (χ1) is 9.54. The van der Waals surface area contributed by atoms with Crippen LogP contribution in [0.5, 0.6) is 0 Å². The van der Waals surface area contributed by atoms with Gasteiger partial charge in [0.25, 0.3) is 10.0 Å². The molecule has 0 aliphatic carbocycles. The zero-order valence-corrected chi connectivity index (χ0v) is 13.1. The van der Waals surface area contributed by atoms with E-state index in [2.05, 4.69) is 14.7 Å². The molecule has 0 amide bonds. The molecule has 0 saturated heterocycles. The average molecular weight is 346 g/mol. The van der Waals surface area contributed by atoms with Crippen LogP contribution < -0.4 is 4.72 Å². The van der Waals surface area contributed by atoms with Crippen LogP contribution in [0.2, 0.25) is 4.47 Å². The molecule has 0 aliphatic rings. The second kappa shape index (κ2) is 5.38. The zero-order valence-electron chi connectivity index (χ0n) is 9.91. The largest absolute Gasteiger partial charge is 0.252 e. The van der Waals surface area contributed by atoms with Crippen molar-refractivity contribution in [3.8, 4) is 0 Å². The highest BCUT2D eigenvalue weighted by atomic mass is 35.5. The normalized spacial score (nSPS) is 12.1. The van der Waals surface area contributed by atoms with Crippen LogP contribution in [0.4, 0.5) is 0 Å². The fourth-order valence-corrected chi connectivity index (χ4v) is 4.91. The molecular weight excluding hydrogens is 338 g/mol. The van der Waals surface area contributed by atoms with E-state index in [1.165, 1.54) is 17.5 Å². The summed E-state index contributed by atoms with van der Waals surface area (Å²) in [6.45, 7) is 0.150. The van der Waals surface area contributed by atoms with Crippen LogP contribution in [-0.4, -0.2) is 18.4 Å². The molecule has 2 heterocycles. The third-order valence-corrected chi connectivity index (χ3v) is 6.49. The number of hydrogen-bond acceptors (Lipinski definition) is 6. The Hall–Kier alpha value is -1.06. The van der Waals surface area contributed by atoms with Crippen molar-refractivity contribution in [2.24, 2.45) is 0 Å². The van der Waals surface area contributed by atoms with Gasteiger partial charge >= 0.3 is 0 Å². The Balaban J connectivity index is 1.79. The van der Waals surface area contributed by atoms with E-state index in [4.69, 9.17) is 11.6 Å². The van der Waals surface area contributed by atoms with Crippen LogP contribution in [0.25, 0.3) is 10.2 Å². The van der Waals surface area contributed by atoms with Crippen molar-refractivity contribution in [3.05, 3.63) is 39.9 Å². The maximum absolute atomic E-state index is 12.0. The molecule has 104 valence electrons. The molecule has 3 rings (SSSR count). The lowest BCUT2D eigenvalue weighted by atomic mass is 10.3. The summed E-state index contributed by atoms with van der Waals surface area (Å²) < 4.78 is 27.9. The van der Waals surface area contributed by atoms with Gasteiger partial charge in [0.2, 0.25) is 0 Å². The summed E-state index contributed by atoms with van der Waals surface area (Å²) in [6, 6.07) is 7.67. The summed E-state index contributed by atoms with van der Waals surface area (Å²) >= 11 is 8.03. The summed E-state index contributed by atoms with van der Waals surface area (Å²) in [7, 11) is -3.59. The second-order valence-electron chi connectivity index (χ2n) is 3.83. The number of nitrogens with one attached hydrogen (secondary N) is 1. The van der Waals surface area contributed by atoms with Gasteiger partial charge in [-0.3, -0.25) is 0 Å². The first-order valence-corrected chi connectivity index (χ1v) is 8.99. The van der Waals surface area contributed by atoms with E-state index < -0.39 is 10.0 Å². The number of thiazole rings is 2. The molecule has 20 heavy (non-hydrogen) atoms. The first kappa shape index (κ1) is 13.9. The zero-order chi connectivity index (χ0) is 14.2. The van der Waals surface area contributed by atoms with Gasteiger partial charge in [-0.1, -0.05) is 35.1 Å². The van der Waals surface area contributed by atoms with Crippen LogP contribution in [-0.2, 0) is 16.6 Å². The molecule has 0 bridgehead atoms. The van der Waals surface area contributed by atoms with Crippen molar-refractivity contribution in [2.75, 3.05) is 0 Å². The van der Waals surface area contributed by atoms with E-state index >= 15 is 0 Å². The smallest absolute Gasteiger partial charge is 0.240 e. The third kappa shape index (κ3) is 2.84. The first-order valence-electron chi connectivity index (χ1n) is 5.50. The van der Waals surface area contributed by atoms with Crippen LogP contribution >= 0.6 is 34.3 Å². The average Bonchev–Trinajstić information content (AvgIpc) is 3.02. The van der Waals surface area contributed by atoms with Crippen LogP contribution in [0.1, 0.15) is 5.01 Å². The fraction of sp³-hybridized carbons (Fsp3) is 0.0909. The number of sulfonamides is 1. The van der Waals surface area contributed by atoms with Gasteiger partial charge in [0, 0.05) is 0 Å². The molecule has 1 N–H and O–H groups in total. The monoisotopic (exact) mass is 345 g/mol. The van der Waals surface area contributed by atoms with Gasteiger partial charge in [-0.05, 0) is 12.1 Å². The molecule has 1 aromatic carbocycles. The highest BCUT2D eigenvalue weighted by molar-refractivity contribution is 7.91. The summed E-state index contributed by atoms with van der Waals surface area (Å²) in [4.78, 5) is 8.09. The van der Waals surface area contributed by atoms with Crippen molar-refractivity contribution in [3.63, 3.8) is 0 Å². The molecule has 0 saturated carbocycles. The fourth-order valence-electron chi connectivity index (χ4n) is 1.59. The maximum Gasteiger partial charge on any atom is 0.252 e. The lowest BCUT2D eigenvalue weighted by molar-refractivity contribution is 0.583. The van der Waals surface area contributed by atoms with Gasteiger partial charge in [0.05, 0.1) is 23.0 Å². The minimum atomic E-state index is -3.59. The van der Waals surface area contributed by atoms with Crippen molar-refractivity contribution in [1.29, 1.82) is 0 Å². The minimum absolute atomic E-state index is 0.101. The molecule has 0 atom stereocenters. The summed E-state index contributed by atoms with van der Waals surface area (Å²) in [5.74, 6) is 0. The molecule has 0 radical (unpaired) electrons. The number of hydrogen-bond donors (Lipinski definition) is 1. The molecule has 0 spiro atoms. The van der Waals surface area contributed by atoms with Crippen molar-refractivity contribution < 1.29 is 8.42 Å².